The molecule has 1 aromatic rings. The van der Waals surface area contributed by atoms with Crippen molar-refractivity contribution in [2.24, 2.45) is 11.8 Å². The van der Waals surface area contributed by atoms with Crippen LogP contribution in [-0.2, 0) is 0 Å². The van der Waals surface area contributed by atoms with Gasteiger partial charge in [0.15, 0.2) is 5.78 Å². The van der Waals surface area contributed by atoms with E-state index in [0.29, 0.717) is 11.7 Å². The highest BCUT2D eigenvalue weighted by atomic mass is 16.1. The van der Waals surface area contributed by atoms with Gasteiger partial charge in [0, 0.05) is 11.5 Å². The predicted molar refractivity (Wildman–Crippen MR) is 71.4 cm³/mol. The molecule has 2 atom stereocenters. The molecule has 2 unspecified atom stereocenters. The molecular weight excluding hydrogens is 208 g/mol. The van der Waals surface area contributed by atoms with Crippen molar-refractivity contribution in [3.8, 4) is 0 Å². The minimum absolute atomic E-state index is 0.263. The molecule has 1 aromatic carbocycles. The Hall–Kier alpha value is -1.11. The number of Topliss-reactive ketones (excluding diaryl/α,β-unsaturated/α-hetero) is 1. The third kappa shape index (κ3) is 2.59. The van der Waals surface area contributed by atoms with Gasteiger partial charge in [0.1, 0.15) is 0 Å². The van der Waals surface area contributed by atoms with Crippen LogP contribution in [0.5, 0.6) is 0 Å². The maximum Gasteiger partial charge on any atom is 0.166 e. The average molecular weight is 230 g/mol. The zero-order valence-electron chi connectivity index (χ0n) is 11.1. The van der Waals surface area contributed by atoms with Gasteiger partial charge in [-0.05, 0) is 43.7 Å². The fraction of sp³-hybridized carbons (Fsp3) is 0.562. The van der Waals surface area contributed by atoms with E-state index in [4.69, 9.17) is 0 Å². The molecule has 0 aromatic heterocycles. The van der Waals surface area contributed by atoms with E-state index in [1.807, 2.05) is 12.1 Å². The van der Waals surface area contributed by atoms with Gasteiger partial charge in [-0.25, -0.2) is 0 Å². The van der Waals surface area contributed by atoms with Crippen molar-refractivity contribution in [1.82, 2.24) is 0 Å². The largest absolute Gasteiger partial charge is 0.294 e. The summed E-state index contributed by atoms with van der Waals surface area (Å²) in [4.78, 5) is 12.5. The third-order valence-corrected chi connectivity index (χ3v) is 4.18. The molecule has 0 saturated heterocycles. The normalized spacial score (nSPS) is 24.6. The molecule has 2 rings (SSSR count). The Bertz CT molecular complexity index is 420. The van der Waals surface area contributed by atoms with Gasteiger partial charge in [0.25, 0.3) is 0 Å². The van der Waals surface area contributed by atoms with Crippen molar-refractivity contribution < 1.29 is 4.79 Å². The monoisotopic (exact) mass is 230 g/mol. The summed E-state index contributed by atoms with van der Waals surface area (Å²) in [5.74, 6) is 1.35. The maximum atomic E-state index is 12.5. The molecule has 0 bridgehead atoms. The summed E-state index contributed by atoms with van der Waals surface area (Å²) in [7, 11) is 0. The number of hydrogen-bond donors (Lipinski definition) is 0. The molecule has 1 heteroatoms. The summed E-state index contributed by atoms with van der Waals surface area (Å²) >= 11 is 0. The fourth-order valence-electron chi connectivity index (χ4n) is 2.91. The zero-order chi connectivity index (χ0) is 12.4. The molecule has 0 spiro atoms. The van der Waals surface area contributed by atoms with E-state index in [-0.39, 0.29) is 5.92 Å². The highest BCUT2D eigenvalue weighted by Crippen LogP contribution is 2.31. The lowest BCUT2D eigenvalue weighted by atomic mass is 9.78. The standard InChI is InChI=1S/C16H22O/c1-11-6-4-8-14(10-11)16(17)15-9-5-7-12(2)13(15)3/h5,7,9,11,14H,4,6,8,10H2,1-3H3. The Morgan fingerprint density at radius 1 is 1.24 bits per heavy atom. The van der Waals surface area contributed by atoms with Crippen LogP contribution in [0.2, 0.25) is 0 Å². The second-order valence-electron chi connectivity index (χ2n) is 5.58. The highest BCUT2D eigenvalue weighted by molar-refractivity contribution is 5.99. The molecule has 0 radical (unpaired) electrons. The molecule has 0 aliphatic heterocycles. The Balaban J connectivity index is 2.22. The first-order valence-corrected chi connectivity index (χ1v) is 6.70. The Kier molecular flexibility index (Phi) is 3.66. The second-order valence-corrected chi connectivity index (χ2v) is 5.58. The third-order valence-electron chi connectivity index (χ3n) is 4.18. The quantitative estimate of drug-likeness (QED) is 0.692. The van der Waals surface area contributed by atoms with Gasteiger partial charge in [0.05, 0.1) is 0 Å². The molecule has 1 aliphatic rings. The number of rotatable bonds is 2. The van der Waals surface area contributed by atoms with Crippen molar-refractivity contribution in [1.29, 1.82) is 0 Å². The van der Waals surface area contributed by atoms with E-state index < -0.39 is 0 Å². The Morgan fingerprint density at radius 3 is 2.71 bits per heavy atom. The smallest absolute Gasteiger partial charge is 0.166 e. The molecule has 1 aliphatic carbocycles. The SMILES string of the molecule is Cc1cccc(C(=O)C2CCCC(C)C2)c1C. The van der Waals surface area contributed by atoms with E-state index in [9.17, 15) is 4.79 Å². The van der Waals surface area contributed by atoms with Gasteiger partial charge >= 0.3 is 0 Å². The maximum absolute atomic E-state index is 12.5. The first-order chi connectivity index (χ1) is 8.09. The van der Waals surface area contributed by atoms with Gasteiger partial charge in [-0.1, -0.05) is 38.0 Å². The van der Waals surface area contributed by atoms with Gasteiger partial charge in [-0.2, -0.15) is 0 Å². The molecule has 17 heavy (non-hydrogen) atoms. The van der Waals surface area contributed by atoms with E-state index in [0.717, 1.165) is 24.0 Å². The average Bonchev–Trinajstić information content (AvgIpc) is 2.32. The van der Waals surface area contributed by atoms with E-state index >= 15 is 0 Å². The van der Waals surface area contributed by atoms with Crippen LogP contribution in [0, 0.1) is 25.7 Å². The summed E-state index contributed by atoms with van der Waals surface area (Å²) in [6.45, 7) is 6.41. The van der Waals surface area contributed by atoms with Crippen LogP contribution in [0.4, 0.5) is 0 Å². The summed E-state index contributed by atoms with van der Waals surface area (Å²) < 4.78 is 0. The van der Waals surface area contributed by atoms with Crippen molar-refractivity contribution in [2.75, 3.05) is 0 Å². The lowest BCUT2D eigenvalue weighted by molar-refractivity contribution is 0.0867. The zero-order valence-corrected chi connectivity index (χ0v) is 11.1. The second kappa shape index (κ2) is 5.03. The number of carbonyl (C=O) groups excluding carboxylic acids is 1. The first-order valence-electron chi connectivity index (χ1n) is 6.70. The van der Waals surface area contributed by atoms with Crippen LogP contribution < -0.4 is 0 Å². The molecule has 0 amide bonds. The molecule has 1 fully saturated rings. The summed E-state index contributed by atoms with van der Waals surface area (Å²) in [5.41, 5.74) is 3.33. The van der Waals surface area contributed by atoms with Crippen LogP contribution >= 0.6 is 0 Å². The van der Waals surface area contributed by atoms with Crippen molar-refractivity contribution in [2.45, 2.75) is 46.5 Å². The summed E-state index contributed by atoms with van der Waals surface area (Å²) in [5, 5.41) is 0. The Labute approximate surface area is 104 Å². The number of aryl methyl sites for hydroxylation is 1. The fourth-order valence-corrected chi connectivity index (χ4v) is 2.91. The first kappa shape index (κ1) is 12.3. The lowest BCUT2D eigenvalue weighted by Crippen LogP contribution is -2.22. The van der Waals surface area contributed by atoms with Crippen LogP contribution in [0.3, 0.4) is 0 Å². The van der Waals surface area contributed by atoms with E-state index in [1.54, 1.807) is 0 Å². The van der Waals surface area contributed by atoms with Crippen molar-refractivity contribution in [3.63, 3.8) is 0 Å². The highest BCUT2D eigenvalue weighted by Gasteiger charge is 2.26. The molecule has 0 heterocycles. The number of carbonyl (C=O) groups is 1. The molecule has 92 valence electrons. The predicted octanol–water partition coefficient (Wildman–Crippen LogP) is 4.31. The van der Waals surface area contributed by atoms with Crippen LogP contribution in [0.25, 0.3) is 0 Å². The van der Waals surface area contributed by atoms with Crippen molar-refractivity contribution >= 4 is 5.78 Å². The molecular formula is C16H22O. The number of ketones is 1. The molecule has 1 nitrogen and oxygen atoms in total. The number of hydrogen-bond acceptors (Lipinski definition) is 1. The van der Waals surface area contributed by atoms with Gasteiger partial charge in [0.2, 0.25) is 0 Å². The van der Waals surface area contributed by atoms with Gasteiger partial charge in [-0.3, -0.25) is 4.79 Å². The van der Waals surface area contributed by atoms with Crippen LogP contribution in [-0.4, -0.2) is 5.78 Å². The van der Waals surface area contributed by atoms with E-state index in [1.165, 1.54) is 18.4 Å². The van der Waals surface area contributed by atoms with E-state index in [2.05, 4.69) is 26.8 Å². The van der Waals surface area contributed by atoms with Gasteiger partial charge in [-0.15, -0.1) is 0 Å². The molecule has 0 N–H and O–H groups in total. The van der Waals surface area contributed by atoms with Crippen LogP contribution in [0.1, 0.15) is 54.1 Å². The molecule has 1 saturated carbocycles. The summed E-state index contributed by atoms with van der Waals surface area (Å²) in [6, 6.07) is 6.07. The van der Waals surface area contributed by atoms with Crippen molar-refractivity contribution in [3.05, 3.63) is 34.9 Å². The lowest BCUT2D eigenvalue weighted by Gasteiger charge is -2.26. The topological polar surface area (TPSA) is 17.1 Å². The summed E-state index contributed by atoms with van der Waals surface area (Å²) in [6.07, 6.45) is 4.65. The van der Waals surface area contributed by atoms with Crippen LogP contribution in [0.15, 0.2) is 18.2 Å². The Morgan fingerprint density at radius 2 is 2.00 bits per heavy atom. The minimum atomic E-state index is 0.263. The number of benzene rings is 1. The minimum Gasteiger partial charge on any atom is -0.294 e. The van der Waals surface area contributed by atoms with Gasteiger partial charge < -0.3 is 0 Å².